The number of carbonyl (C=O) groups excluding carboxylic acids is 2. The standard InChI is InChI=1S/C25H22N2O4S/c28-24(20-12-7-15-30-20)26-13-14-27-25(29)23-21(31-17-18-8-3-1-4-9-18)16-22(32-23)19-10-5-2-6-11-19/h1-12,15-16H,13-14,17H2,(H,26,28)(H,27,29). The van der Waals surface area contributed by atoms with Gasteiger partial charge in [0.2, 0.25) is 0 Å². The zero-order chi connectivity index (χ0) is 22.2. The molecule has 2 amide bonds. The summed E-state index contributed by atoms with van der Waals surface area (Å²) in [5.74, 6) is 0.208. The van der Waals surface area contributed by atoms with Crippen molar-refractivity contribution in [2.45, 2.75) is 6.61 Å². The number of hydrogen-bond donors (Lipinski definition) is 2. The fraction of sp³-hybridized carbons (Fsp3) is 0.120. The highest BCUT2D eigenvalue weighted by Gasteiger charge is 2.19. The predicted octanol–water partition coefficient (Wildman–Crippen LogP) is 4.75. The molecule has 2 aromatic carbocycles. The molecule has 0 spiro atoms. The molecule has 4 aromatic rings. The van der Waals surface area contributed by atoms with Crippen LogP contribution in [0.1, 0.15) is 25.8 Å². The quantitative estimate of drug-likeness (QED) is 0.364. The third-order valence-corrected chi connectivity index (χ3v) is 5.80. The lowest BCUT2D eigenvalue weighted by molar-refractivity contribution is 0.0910. The Kier molecular flexibility index (Phi) is 6.99. The Bertz CT molecular complexity index is 1160. The number of thiophene rings is 1. The maximum absolute atomic E-state index is 12.9. The van der Waals surface area contributed by atoms with Crippen molar-refractivity contribution in [1.82, 2.24) is 10.6 Å². The normalized spacial score (nSPS) is 10.5. The van der Waals surface area contributed by atoms with E-state index in [1.807, 2.05) is 66.7 Å². The first-order valence-electron chi connectivity index (χ1n) is 10.2. The molecule has 2 heterocycles. The van der Waals surface area contributed by atoms with Crippen LogP contribution in [0, 0.1) is 0 Å². The third kappa shape index (κ3) is 5.44. The average Bonchev–Trinajstić information content (AvgIpc) is 3.52. The first-order valence-corrected chi connectivity index (χ1v) is 11.0. The molecular formula is C25H22N2O4S. The van der Waals surface area contributed by atoms with Gasteiger partial charge in [-0.2, -0.15) is 0 Å². The van der Waals surface area contributed by atoms with Gasteiger partial charge >= 0.3 is 0 Å². The van der Waals surface area contributed by atoms with Crippen LogP contribution in [0.4, 0.5) is 0 Å². The van der Waals surface area contributed by atoms with E-state index >= 15 is 0 Å². The summed E-state index contributed by atoms with van der Waals surface area (Å²) < 4.78 is 11.1. The summed E-state index contributed by atoms with van der Waals surface area (Å²) in [5.41, 5.74) is 2.04. The van der Waals surface area contributed by atoms with Crippen molar-refractivity contribution in [3.63, 3.8) is 0 Å². The molecule has 0 saturated heterocycles. The highest BCUT2D eigenvalue weighted by atomic mass is 32.1. The molecule has 4 rings (SSSR count). The zero-order valence-corrected chi connectivity index (χ0v) is 18.1. The van der Waals surface area contributed by atoms with Crippen LogP contribution in [0.3, 0.4) is 0 Å². The molecule has 0 saturated carbocycles. The van der Waals surface area contributed by atoms with Gasteiger partial charge in [-0.25, -0.2) is 0 Å². The molecule has 0 unspecified atom stereocenters. The number of benzene rings is 2. The summed E-state index contributed by atoms with van der Waals surface area (Å²) in [7, 11) is 0. The van der Waals surface area contributed by atoms with Gasteiger partial charge in [0.05, 0.1) is 6.26 Å². The van der Waals surface area contributed by atoms with Gasteiger partial charge in [-0.1, -0.05) is 60.7 Å². The minimum atomic E-state index is -0.321. The molecule has 0 aliphatic carbocycles. The average molecular weight is 447 g/mol. The fourth-order valence-electron chi connectivity index (χ4n) is 3.05. The number of ether oxygens (including phenoxy) is 1. The van der Waals surface area contributed by atoms with E-state index in [0.717, 1.165) is 16.0 Å². The van der Waals surface area contributed by atoms with Gasteiger partial charge in [0.15, 0.2) is 5.76 Å². The van der Waals surface area contributed by atoms with E-state index in [-0.39, 0.29) is 30.7 Å². The molecule has 162 valence electrons. The molecular weight excluding hydrogens is 424 g/mol. The Morgan fingerprint density at radius 1 is 0.844 bits per heavy atom. The van der Waals surface area contributed by atoms with Gasteiger partial charge < -0.3 is 19.8 Å². The largest absolute Gasteiger partial charge is 0.487 e. The van der Waals surface area contributed by atoms with E-state index < -0.39 is 0 Å². The van der Waals surface area contributed by atoms with E-state index in [4.69, 9.17) is 9.15 Å². The van der Waals surface area contributed by atoms with Gasteiger partial charge in [0, 0.05) is 18.0 Å². The molecule has 0 aliphatic heterocycles. The van der Waals surface area contributed by atoms with Crippen LogP contribution in [-0.2, 0) is 6.61 Å². The van der Waals surface area contributed by atoms with Crippen molar-refractivity contribution in [2.24, 2.45) is 0 Å². The Balaban J connectivity index is 1.42. The maximum Gasteiger partial charge on any atom is 0.287 e. The number of carbonyl (C=O) groups is 2. The summed E-state index contributed by atoms with van der Waals surface area (Å²) in [5, 5.41) is 5.56. The lowest BCUT2D eigenvalue weighted by Gasteiger charge is -2.08. The van der Waals surface area contributed by atoms with Crippen LogP contribution in [0.2, 0.25) is 0 Å². The van der Waals surface area contributed by atoms with Gasteiger partial charge in [0.25, 0.3) is 11.8 Å². The van der Waals surface area contributed by atoms with Gasteiger partial charge in [-0.15, -0.1) is 11.3 Å². The number of rotatable bonds is 9. The van der Waals surface area contributed by atoms with Crippen molar-refractivity contribution in [2.75, 3.05) is 13.1 Å². The highest BCUT2D eigenvalue weighted by molar-refractivity contribution is 7.17. The van der Waals surface area contributed by atoms with E-state index in [9.17, 15) is 9.59 Å². The van der Waals surface area contributed by atoms with Crippen LogP contribution >= 0.6 is 11.3 Å². The molecule has 0 fully saturated rings. The molecule has 0 aliphatic rings. The van der Waals surface area contributed by atoms with Gasteiger partial charge in [-0.3, -0.25) is 9.59 Å². The second kappa shape index (κ2) is 10.5. The first kappa shape index (κ1) is 21.4. The van der Waals surface area contributed by atoms with Crippen LogP contribution in [0.5, 0.6) is 5.75 Å². The predicted molar refractivity (Wildman–Crippen MR) is 124 cm³/mol. The second-order valence-corrected chi connectivity index (χ2v) is 7.99. The minimum absolute atomic E-state index is 0.235. The van der Waals surface area contributed by atoms with E-state index in [1.54, 1.807) is 12.1 Å². The number of hydrogen-bond acceptors (Lipinski definition) is 5. The number of furan rings is 1. The second-order valence-electron chi connectivity index (χ2n) is 6.93. The third-order valence-electron chi connectivity index (χ3n) is 4.64. The van der Waals surface area contributed by atoms with Crippen molar-refractivity contribution in [1.29, 1.82) is 0 Å². The van der Waals surface area contributed by atoms with E-state index in [1.165, 1.54) is 17.6 Å². The van der Waals surface area contributed by atoms with Crippen LogP contribution in [0.15, 0.2) is 89.5 Å². The van der Waals surface area contributed by atoms with Crippen molar-refractivity contribution < 1.29 is 18.7 Å². The number of amides is 2. The first-order chi connectivity index (χ1) is 15.7. The van der Waals surface area contributed by atoms with Crippen molar-refractivity contribution >= 4 is 23.2 Å². The lowest BCUT2D eigenvalue weighted by atomic mass is 10.2. The summed E-state index contributed by atoms with van der Waals surface area (Å²) in [6.45, 7) is 0.926. The summed E-state index contributed by atoms with van der Waals surface area (Å²) in [6.07, 6.45) is 1.44. The molecule has 0 radical (unpaired) electrons. The smallest absolute Gasteiger partial charge is 0.287 e. The number of nitrogens with one attached hydrogen (secondary N) is 2. The van der Waals surface area contributed by atoms with Gasteiger partial charge in [-0.05, 0) is 29.3 Å². The molecule has 32 heavy (non-hydrogen) atoms. The zero-order valence-electron chi connectivity index (χ0n) is 17.2. The van der Waals surface area contributed by atoms with Crippen LogP contribution in [0.25, 0.3) is 10.4 Å². The monoisotopic (exact) mass is 446 g/mol. The molecule has 0 atom stereocenters. The van der Waals surface area contributed by atoms with Crippen LogP contribution in [-0.4, -0.2) is 24.9 Å². The van der Waals surface area contributed by atoms with Crippen molar-refractivity contribution in [3.05, 3.63) is 101 Å². The molecule has 7 heteroatoms. The Morgan fingerprint density at radius 3 is 2.22 bits per heavy atom. The van der Waals surface area contributed by atoms with E-state index in [2.05, 4.69) is 10.6 Å². The Hall–Kier alpha value is -3.84. The summed E-state index contributed by atoms with van der Waals surface area (Å²) in [4.78, 5) is 26.2. The summed E-state index contributed by atoms with van der Waals surface area (Å²) in [6, 6.07) is 24.8. The highest BCUT2D eigenvalue weighted by Crippen LogP contribution is 2.36. The molecule has 0 bridgehead atoms. The Morgan fingerprint density at radius 2 is 1.53 bits per heavy atom. The van der Waals surface area contributed by atoms with E-state index in [0.29, 0.717) is 17.2 Å². The van der Waals surface area contributed by atoms with Crippen molar-refractivity contribution in [3.8, 4) is 16.2 Å². The topological polar surface area (TPSA) is 80.6 Å². The lowest BCUT2D eigenvalue weighted by Crippen LogP contribution is -2.34. The Labute approximate surface area is 189 Å². The summed E-state index contributed by atoms with van der Waals surface area (Å²) >= 11 is 1.38. The molecule has 2 aromatic heterocycles. The minimum Gasteiger partial charge on any atom is -0.487 e. The van der Waals surface area contributed by atoms with Gasteiger partial charge in [0.1, 0.15) is 17.2 Å². The fourth-order valence-corrected chi connectivity index (χ4v) is 4.07. The molecule has 2 N–H and O–H groups in total. The van der Waals surface area contributed by atoms with Crippen LogP contribution < -0.4 is 15.4 Å². The SMILES string of the molecule is O=C(NCCNC(=O)c1sc(-c2ccccc2)cc1OCc1ccccc1)c1ccco1. The molecule has 6 nitrogen and oxygen atoms in total. The maximum atomic E-state index is 12.9.